The first-order valence-corrected chi connectivity index (χ1v) is 8.75. The van der Waals surface area contributed by atoms with Crippen molar-refractivity contribution in [1.82, 2.24) is 10.6 Å². The van der Waals surface area contributed by atoms with E-state index in [-0.39, 0.29) is 11.9 Å². The maximum Gasteiger partial charge on any atom is 0.237 e. The molecule has 20 heavy (non-hydrogen) atoms. The van der Waals surface area contributed by atoms with Crippen LogP contribution in [0.1, 0.15) is 65.2 Å². The standard InChI is InChI=1S/C17H30N2O/c1-3-12-8-9-14(11(12)2)19-17(20)16-10-13-6-4-5-7-15(13)18-16/h11-16,18H,3-10H2,1-2H3,(H,19,20). The fourth-order valence-electron chi connectivity index (χ4n) is 4.83. The molecule has 3 heteroatoms. The van der Waals surface area contributed by atoms with Crippen LogP contribution in [0.5, 0.6) is 0 Å². The van der Waals surface area contributed by atoms with Gasteiger partial charge in [-0.15, -0.1) is 0 Å². The highest BCUT2D eigenvalue weighted by molar-refractivity contribution is 5.82. The van der Waals surface area contributed by atoms with Gasteiger partial charge in [0.25, 0.3) is 0 Å². The van der Waals surface area contributed by atoms with Crippen molar-refractivity contribution in [2.24, 2.45) is 17.8 Å². The van der Waals surface area contributed by atoms with Gasteiger partial charge < -0.3 is 10.6 Å². The van der Waals surface area contributed by atoms with Crippen LogP contribution in [0.2, 0.25) is 0 Å². The average Bonchev–Trinajstić information content (AvgIpc) is 3.03. The van der Waals surface area contributed by atoms with Gasteiger partial charge in [0, 0.05) is 12.1 Å². The van der Waals surface area contributed by atoms with Gasteiger partial charge in [-0.3, -0.25) is 4.79 Å². The van der Waals surface area contributed by atoms with Crippen molar-refractivity contribution in [3.8, 4) is 0 Å². The summed E-state index contributed by atoms with van der Waals surface area (Å²) < 4.78 is 0. The molecule has 0 bridgehead atoms. The summed E-state index contributed by atoms with van der Waals surface area (Å²) in [6, 6.07) is 1.11. The maximum atomic E-state index is 12.5. The Kier molecular flexibility index (Phi) is 4.34. The zero-order valence-electron chi connectivity index (χ0n) is 13.0. The van der Waals surface area contributed by atoms with Crippen LogP contribution in [0.15, 0.2) is 0 Å². The first-order valence-electron chi connectivity index (χ1n) is 8.75. The zero-order chi connectivity index (χ0) is 14.1. The Hall–Kier alpha value is -0.570. The molecule has 1 saturated heterocycles. The van der Waals surface area contributed by atoms with Crippen LogP contribution >= 0.6 is 0 Å². The number of hydrogen-bond donors (Lipinski definition) is 2. The van der Waals surface area contributed by atoms with Crippen molar-refractivity contribution in [3.05, 3.63) is 0 Å². The number of hydrogen-bond acceptors (Lipinski definition) is 2. The molecule has 6 atom stereocenters. The summed E-state index contributed by atoms with van der Waals surface area (Å²) in [5, 5.41) is 6.94. The van der Waals surface area contributed by atoms with Crippen LogP contribution in [-0.4, -0.2) is 24.0 Å². The lowest BCUT2D eigenvalue weighted by Gasteiger charge is -2.24. The van der Waals surface area contributed by atoms with E-state index < -0.39 is 0 Å². The van der Waals surface area contributed by atoms with Gasteiger partial charge in [-0.05, 0) is 49.9 Å². The molecule has 0 aromatic carbocycles. The highest BCUT2D eigenvalue weighted by Gasteiger charge is 2.40. The van der Waals surface area contributed by atoms with E-state index in [4.69, 9.17) is 0 Å². The van der Waals surface area contributed by atoms with Gasteiger partial charge in [0.2, 0.25) is 5.91 Å². The topological polar surface area (TPSA) is 41.1 Å². The molecule has 114 valence electrons. The zero-order valence-corrected chi connectivity index (χ0v) is 13.0. The van der Waals surface area contributed by atoms with E-state index in [2.05, 4.69) is 24.5 Å². The summed E-state index contributed by atoms with van der Waals surface area (Å²) in [6.45, 7) is 4.59. The SMILES string of the molecule is CCC1CCC(NC(=O)C2CC3CCCCC3N2)C1C. The molecular weight excluding hydrogens is 248 g/mol. The molecule has 6 unspecified atom stereocenters. The Balaban J connectivity index is 1.52. The fourth-order valence-corrected chi connectivity index (χ4v) is 4.83. The molecule has 0 spiro atoms. The first-order chi connectivity index (χ1) is 9.69. The Morgan fingerprint density at radius 1 is 1.20 bits per heavy atom. The lowest BCUT2D eigenvalue weighted by molar-refractivity contribution is -0.123. The lowest BCUT2D eigenvalue weighted by atomic mass is 9.85. The predicted molar refractivity (Wildman–Crippen MR) is 81.4 cm³/mol. The first kappa shape index (κ1) is 14.4. The summed E-state index contributed by atoms with van der Waals surface area (Å²) in [7, 11) is 0. The highest BCUT2D eigenvalue weighted by Crippen LogP contribution is 2.35. The van der Waals surface area contributed by atoms with E-state index in [0.29, 0.717) is 18.0 Å². The van der Waals surface area contributed by atoms with Gasteiger partial charge in [-0.25, -0.2) is 0 Å². The molecular formula is C17H30N2O. The third kappa shape index (κ3) is 2.74. The summed E-state index contributed by atoms with van der Waals surface area (Å²) >= 11 is 0. The summed E-state index contributed by atoms with van der Waals surface area (Å²) in [5.41, 5.74) is 0. The second-order valence-electron chi connectivity index (χ2n) is 7.33. The van der Waals surface area contributed by atoms with Crippen LogP contribution in [-0.2, 0) is 4.79 Å². The van der Waals surface area contributed by atoms with E-state index >= 15 is 0 Å². The third-order valence-electron chi connectivity index (χ3n) is 6.26. The Bertz CT molecular complexity index is 343. The molecule has 3 nitrogen and oxygen atoms in total. The fraction of sp³-hybridized carbons (Fsp3) is 0.941. The molecule has 3 rings (SSSR count). The molecule has 0 radical (unpaired) electrons. The van der Waals surface area contributed by atoms with Crippen molar-refractivity contribution >= 4 is 5.91 Å². The molecule has 2 N–H and O–H groups in total. The molecule has 3 aliphatic rings. The average molecular weight is 278 g/mol. The highest BCUT2D eigenvalue weighted by atomic mass is 16.2. The van der Waals surface area contributed by atoms with E-state index in [1.54, 1.807) is 0 Å². The number of rotatable bonds is 3. The van der Waals surface area contributed by atoms with E-state index in [0.717, 1.165) is 18.3 Å². The van der Waals surface area contributed by atoms with E-state index in [1.165, 1.54) is 44.9 Å². The Morgan fingerprint density at radius 2 is 2.00 bits per heavy atom. The summed E-state index contributed by atoms with van der Waals surface area (Å²) in [6.07, 6.45) is 10.0. The van der Waals surface area contributed by atoms with Gasteiger partial charge in [0.1, 0.15) is 0 Å². The monoisotopic (exact) mass is 278 g/mol. The maximum absolute atomic E-state index is 12.5. The smallest absolute Gasteiger partial charge is 0.237 e. The predicted octanol–water partition coefficient (Wildman–Crippen LogP) is 2.85. The van der Waals surface area contributed by atoms with Gasteiger partial charge >= 0.3 is 0 Å². The van der Waals surface area contributed by atoms with Crippen LogP contribution in [0.3, 0.4) is 0 Å². The second kappa shape index (κ2) is 6.05. The van der Waals surface area contributed by atoms with Gasteiger partial charge in [-0.2, -0.15) is 0 Å². The van der Waals surface area contributed by atoms with Gasteiger partial charge in [-0.1, -0.05) is 33.1 Å². The van der Waals surface area contributed by atoms with Crippen LogP contribution < -0.4 is 10.6 Å². The molecule has 0 aromatic rings. The summed E-state index contributed by atoms with van der Waals surface area (Å²) in [4.78, 5) is 12.5. The van der Waals surface area contributed by atoms with Crippen LogP contribution in [0.4, 0.5) is 0 Å². The quantitative estimate of drug-likeness (QED) is 0.833. The largest absolute Gasteiger partial charge is 0.352 e. The minimum absolute atomic E-state index is 0.0796. The van der Waals surface area contributed by atoms with E-state index in [1.807, 2.05) is 0 Å². The van der Waals surface area contributed by atoms with E-state index in [9.17, 15) is 4.79 Å². The molecule has 3 fully saturated rings. The second-order valence-corrected chi connectivity index (χ2v) is 7.33. The molecule has 1 aliphatic heterocycles. The Labute approximate surface area is 123 Å². The third-order valence-corrected chi connectivity index (χ3v) is 6.26. The summed E-state index contributed by atoms with van der Waals surface area (Å²) in [5.74, 6) is 2.48. The number of fused-ring (bicyclic) bond motifs is 1. The van der Waals surface area contributed by atoms with Gasteiger partial charge in [0.05, 0.1) is 6.04 Å². The van der Waals surface area contributed by atoms with Crippen molar-refractivity contribution in [2.75, 3.05) is 0 Å². The molecule has 1 heterocycles. The Morgan fingerprint density at radius 3 is 2.70 bits per heavy atom. The molecule has 2 saturated carbocycles. The van der Waals surface area contributed by atoms with Crippen LogP contribution in [0.25, 0.3) is 0 Å². The number of amides is 1. The molecule has 0 aromatic heterocycles. The van der Waals surface area contributed by atoms with Crippen molar-refractivity contribution in [2.45, 2.75) is 83.3 Å². The lowest BCUT2D eigenvalue weighted by Crippen LogP contribution is -2.47. The van der Waals surface area contributed by atoms with Crippen LogP contribution in [0, 0.1) is 17.8 Å². The number of carbonyl (C=O) groups is 1. The van der Waals surface area contributed by atoms with Crippen molar-refractivity contribution in [3.63, 3.8) is 0 Å². The van der Waals surface area contributed by atoms with Crippen molar-refractivity contribution < 1.29 is 4.79 Å². The minimum atomic E-state index is 0.0796. The van der Waals surface area contributed by atoms with Crippen molar-refractivity contribution in [1.29, 1.82) is 0 Å². The number of carbonyl (C=O) groups excluding carboxylic acids is 1. The minimum Gasteiger partial charge on any atom is -0.352 e. The normalized spacial score (nSPS) is 44.3. The van der Waals surface area contributed by atoms with Gasteiger partial charge in [0.15, 0.2) is 0 Å². The molecule has 2 aliphatic carbocycles. The number of nitrogens with one attached hydrogen (secondary N) is 2. The molecule has 1 amide bonds.